The van der Waals surface area contributed by atoms with Crippen molar-refractivity contribution in [2.45, 2.75) is 31.1 Å². The van der Waals surface area contributed by atoms with Gasteiger partial charge in [0.2, 0.25) is 10.0 Å². The highest BCUT2D eigenvalue weighted by Gasteiger charge is 2.21. The molecule has 0 aliphatic rings. The molecule has 0 atom stereocenters. The highest BCUT2D eigenvalue weighted by atomic mass is 32.2. The highest BCUT2D eigenvalue weighted by Crippen LogP contribution is 2.32. The van der Waals surface area contributed by atoms with Gasteiger partial charge in [0.15, 0.2) is 0 Å². The number of rotatable bonds is 4. The lowest BCUT2D eigenvalue weighted by atomic mass is 9.87. The fraction of sp³-hybridized carbons (Fsp3) is 0.455. The Bertz CT molecular complexity index is 583. The molecule has 0 amide bonds. The molecule has 8 heteroatoms. The van der Waals surface area contributed by atoms with Crippen molar-refractivity contribution < 1.29 is 22.8 Å². The number of nitrogens with one attached hydrogen (secondary N) is 1. The second-order valence-electron chi connectivity index (χ2n) is 5.24. The molecule has 0 saturated carbocycles. The van der Waals surface area contributed by atoms with E-state index in [0.29, 0.717) is 0 Å². The zero-order valence-corrected chi connectivity index (χ0v) is 12.7. The molecule has 1 aromatic carbocycles. The maximum absolute atomic E-state index is 11.8. The maximum Gasteiger partial charge on any atom is 0.340 e. The van der Waals surface area contributed by atoms with E-state index in [1.54, 1.807) is 12.1 Å². The minimum absolute atomic E-state index is 0.0195. The van der Waals surface area contributed by atoms with Gasteiger partial charge >= 0.3 is 7.60 Å². The summed E-state index contributed by atoms with van der Waals surface area (Å²) in [6.07, 6.45) is -0.906. The molecule has 1 rings (SSSR count). The van der Waals surface area contributed by atoms with Crippen molar-refractivity contribution in [3.63, 3.8) is 0 Å². The molecule has 0 bridgehead atoms. The van der Waals surface area contributed by atoms with Crippen LogP contribution in [0.4, 0.5) is 0 Å². The van der Waals surface area contributed by atoms with Gasteiger partial charge in [-0.1, -0.05) is 32.9 Å². The Morgan fingerprint density at radius 3 is 2.00 bits per heavy atom. The van der Waals surface area contributed by atoms with Gasteiger partial charge in [-0.25, -0.2) is 8.42 Å². The molecule has 0 heterocycles. The zero-order chi connectivity index (χ0) is 14.9. The predicted octanol–water partition coefficient (Wildman–Crippen LogP) is 1.40. The quantitative estimate of drug-likeness (QED) is 0.729. The smallest absolute Gasteiger partial charge is 0.324 e. The summed E-state index contributed by atoms with van der Waals surface area (Å²) in [7, 11) is -8.31. The monoisotopic (exact) mass is 307 g/mol. The van der Waals surface area contributed by atoms with E-state index in [9.17, 15) is 13.0 Å². The Kier molecular flexibility index (Phi) is 4.59. The van der Waals surface area contributed by atoms with Crippen LogP contribution in [0.25, 0.3) is 0 Å². The molecule has 0 aliphatic heterocycles. The molecule has 3 N–H and O–H groups in total. The molecular weight excluding hydrogens is 289 g/mol. The van der Waals surface area contributed by atoms with Crippen molar-refractivity contribution >= 4 is 17.6 Å². The molecule has 0 aliphatic carbocycles. The van der Waals surface area contributed by atoms with Crippen LogP contribution in [0, 0.1) is 0 Å². The molecule has 19 heavy (non-hydrogen) atoms. The number of hydrogen-bond acceptors (Lipinski definition) is 3. The largest absolute Gasteiger partial charge is 0.340 e. The van der Waals surface area contributed by atoms with Gasteiger partial charge in [-0.05, 0) is 23.1 Å². The predicted molar refractivity (Wildman–Crippen MR) is 72.4 cm³/mol. The van der Waals surface area contributed by atoms with Crippen molar-refractivity contribution in [3.05, 3.63) is 29.8 Å². The molecule has 0 fully saturated rings. The lowest BCUT2D eigenvalue weighted by Crippen LogP contribution is -2.25. The van der Waals surface area contributed by atoms with Crippen LogP contribution < -0.4 is 4.72 Å². The third-order valence-corrected chi connectivity index (χ3v) is 4.69. The Balaban J connectivity index is 2.95. The van der Waals surface area contributed by atoms with E-state index in [4.69, 9.17) is 9.79 Å². The Morgan fingerprint density at radius 2 is 1.63 bits per heavy atom. The van der Waals surface area contributed by atoms with Gasteiger partial charge in [0.25, 0.3) is 0 Å². The third kappa shape index (κ3) is 5.04. The van der Waals surface area contributed by atoms with Crippen LogP contribution in [-0.4, -0.2) is 24.5 Å². The first-order chi connectivity index (χ1) is 8.42. The molecule has 1 aromatic rings. The first-order valence-electron chi connectivity index (χ1n) is 5.57. The van der Waals surface area contributed by atoms with E-state index in [1.165, 1.54) is 12.1 Å². The Labute approximate surface area is 113 Å². The van der Waals surface area contributed by atoms with Crippen LogP contribution in [0.3, 0.4) is 0 Å². The van der Waals surface area contributed by atoms with Gasteiger partial charge in [0.05, 0.1) is 4.90 Å². The molecule has 6 nitrogen and oxygen atoms in total. The Morgan fingerprint density at radius 1 is 1.16 bits per heavy atom. The van der Waals surface area contributed by atoms with Crippen molar-refractivity contribution in [2.24, 2.45) is 0 Å². The van der Waals surface area contributed by atoms with Crippen molar-refractivity contribution in [3.8, 4) is 0 Å². The SMILES string of the molecule is CC(C)(C)c1ccc(S(=O)(=O)NCP(=O)(O)O)cc1. The van der Waals surface area contributed by atoms with Crippen molar-refractivity contribution in [2.75, 3.05) is 6.29 Å². The van der Waals surface area contributed by atoms with E-state index in [2.05, 4.69) is 0 Å². The minimum atomic E-state index is -4.41. The summed E-state index contributed by atoms with van der Waals surface area (Å²) in [6, 6.07) is 6.21. The lowest BCUT2D eigenvalue weighted by molar-refractivity contribution is 0.371. The van der Waals surface area contributed by atoms with Crippen LogP contribution in [-0.2, 0) is 20.0 Å². The summed E-state index contributed by atoms with van der Waals surface area (Å²) < 4.78 is 36.1. The topological polar surface area (TPSA) is 104 Å². The summed E-state index contributed by atoms with van der Waals surface area (Å²) in [5, 5.41) is 0. The van der Waals surface area contributed by atoms with E-state index in [0.717, 1.165) is 5.56 Å². The number of sulfonamides is 1. The molecule has 108 valence electrons. The van der Waals surface area contributed by atoms with Gasteiger partial charge in [-0.2, -0.15) is 4.72 Å². The lowest BCUT2D eigenvalue weighted by Gasteiger charge is -2.19. The van der Waals surface area contributed by atoms with Gasteiger partial charge in [0, 0.05) is 0 Å². The van der Waals surface area contributed by atoms with Gasteiger partial charge in [-0.3, -0.25) is 4.57 Å². The summed E-state index contributed by atoms with van der Waals surface area (Å²) in [5.41, 5.74) is 0.878. The number of benzene rings is 1. The van der Waals surface area contributed by atoms with Gasteiger partial charge in [-0.15, -0.1) is 0 Å². The van der Waals surface area contributed by atoms with Crippen molar-refractivity contribution in [1.29, 1.82) is 0 Å². The van der Waals surface area contributed by atoms with Gasteiger partial charge in [0.1, 0.15) is 6.29 Å². The van der Waals surface area contributed by atoms with Crippen LogP contribution in [0.5, 0.6) is 0 Å². The van der Waals surface area contributed by atoms with Crippen molar-refractivity contribution in [1.82, 2.24) is 4.72 Å². The van der Waals surface area contributed by atoms with E-state index in [1.807, 2.05) is 25.5 Å². The van der Waals surface area contributed by atoms with Crippen LogP contribution >= 0.6 is 7.60 Å². The normalized spacial score (nSPS) is 13.5. The molecule has 0 radical (unpaired) electrons. The van der Waals surface area contributed by atoms with Crippen LogP contribution in [0.15, 0.2) is 29.2 Å². The Hall–Kier alpha value is -0.720. The third-order valence-electron chi connectivity index (χ3n) is 2.49. The van der Waals surface area contributed by atoms with E-state index in [-0.39, 0.29) is 10.3 Å². The summed E-state index contributed by atoms with van der Waals surface area (Å²) in [5.74, 6) is 0. The average Bonchev–Trinajstić information content (AvgIpc) is 2.25. The van der Waals surface area contributed by atoms with E-state index < -0.39 is 23.9 Å². The van der Waals surface area contributed by atoms with Crippen LogP contribution in [0.2, 0.25) is 0 Å². The molecule has 0 spiro atoms. The minimum Gasteiger partial charge on any atom is -0.324 e. The first kappa shape index (κ1) is 16.3. The van der Waals surface area contributed by atoms with Gasteiger partial charge < -0.3 is 9.79 Å². The summed E-state index contributed by atoms with van der Waals surface area (Å²) in [6.45, 7) is 6.01. The summed E-state index contributed by atoms with van der Waals surface area (Å²) >= 11 is 0. The van der Waals surface area contributed by atoms with E-state index >= 15 is 0 Å². The standard InChI is InChI=1S/C11H18NO5PS/c1-11(2,3)9-4-6-10(7-5-9)19(16,17)12-8-18(13,14)15/h4-7,12H,8H2,1-3H3,(H2,13,14,15). The van der Waals surface area contributed by atoms with Crippen LogP contribution in [0.1, 0.15) is 26.3 Å². The fourth-order valence-electron chi connectivity index (χ4n) is 1.39. The summed E-state index contributed by atoms with van der Waals surface area (Å²) in [4.78, 5) is 17.3. The first-order valence-corrected chi connectivity index (χ1v) is 8.85. The second-order valence-corrected chi connectivity index (χ2v) is 8.66. The molecule has 0 unspecified atom stereocenters. The zero-order valence-electron chi connectivity index (χ0n) is 11.0. The maximum atomic E-state index is 11.8. The number of hydrogen-bond donors (Lipinski definition) is 3. The fourth-order valence-corrected chi connectivity index (χ4v) is 3.40. The molecule has 0 saturated heterocycles. The molecule has 0 aromatic heterocycles. The highest BCUT2D eigenvalue weighted by molar-refractivity contribution is 7.89. The average molecular weight is 307 g/mol. The molecular formula is C11H18NO5PS. The second kappa shape index (κ2) is 5.34.